The van der Waals surface area contributed by atoms with Crippen LogP contribution in [0, 0.1) is 0 Å². The summed E-state index contributed by atoms with van der Waals surface area (Å²) < 4.78 is 8.33. The number of rotatable bonds is 5. The van der Waals surface area contributed by atoms with Crippen LogP contribution in [0.4, 0.5) is 0 Å². The van der Waals surface area contributed by atoms with E-state index in [1.807, 2.05) is 4.68 Å². The summed E-state index contributed by atoms with van der Waals surface area (Å²) in [6.45, 7) is 4.69. The molecule has 19 heavy (non-hydrogen) atoms. The van der Waals surface area contributed by atoms with Gasteiger partial charge in [-0.3, -0.25) is 0 Å². The number of nitrogens with zero attached hydrogens (tertiary/aromatic N) is 3. The first kappa shape index (κ1) is 13.1. The van der Waals surface area contributed by atoms with Gasteiger partial charge >= 0.3 is 0 Å². The van der Waals surface area contributed by atoms with Crippen LogP contribution in [0.1, 0.15) is 51.3 Å². The third-order valence-corrected chi connectivity index (χ3v) is 4.46. The quantitative estimate of drug-likeness (QED) is 0.882. The molecule has 1 aromatic heterocycles. The van der Waals surface area contributed by atoms with Gasteiger partial charge in [-0.2, -0.15) is 5.10 Å². The average Bonchev–Trinajstić information content (AvgIpc) is 3.12. The smallest absolute Gasteiger partial charge is 0.140 e. The third kappa shape index (κ3) is 2.82. The molecule has 1 aromatic rings. The van der Waals surface area contributed by atoms with Crippen molar-refractivity contribution in [2.24, 2.45) is 0 Å². The van der Waals surface area contributed by atoms with E-state index in [1.54, 1.807) is 6.33 Å². The lowest BCUT2D eigenvalue weighted by atomic mass is 9.98. The summed E-state index contributed by atoms with van der Waals surface area (Å²) in [6.07, 6.45) is 9.54. The fourth-order valence-corrected chi connectivity index (χ4v) is 3.42. The zero-order valence-electron chi connectivity index (χ0n) is 11.8. The van der Waals surface area contributed by atoms with Gasteiger partial charge in [-0.05, 0) is 32.2 Å². The van der Waals surface area contributed by atoms with Gasteiger partial charge in [0.25, 0.3) is 0 Å². The molecule has 0 aromatic carbocycles. The molecule has 1 aliphatic carbocycles. The molecule has 2 heterocycles. The minimum atomic E-state index is 0.215. The molecule has 1 N–H and O–H groups in total. The van der Waals surface area contributed by atoms with Crippen molar-refractivity contribution in [1.82, 2.24) is 20.1 Å². The van der Waals surface area contributed by atoms with Crippen molar-refractivity contribution in [1.29, 1.82) is 0 Å². The minimum absolute atomic E-state index is 0.215. The van der Waals surface area contributed by atoms with Crippen molar-refractivity contribution in [3.05, 3.63) is 12.2 Å². The molecule has 1 aliphatic heterocycles. The highest BCUT2D eigenvalue weighted by Gasteiger charge is 2.42. The van der Waals surface area contributed by atoms with E-state index in [-0.39, 0.29) is 5.60 Å². The van der Waals surface area contributed by atoms with Crippen LogP contribution in [-0.4, -0.2) is 33.0 Å². The van der Waals surface area contributed by atoms with E-state index in [9.17, 15) is 0 Å². The van der Waals surface area contributed by atoms with Gasteiger partial charge in [-0.25, -0.2) is 9.67 Å². The van der Waals surface area contributed by atoms with E-state index in [2.05, 4.69) is 22.3 Å². The van der Waals surface area contributed by atoms with Crippen LogP contribution in [0.5, 0.6) is 0 Å². The first-order valence-electron chi connectivity index (χ1n) is 7.56. The molecule has 5 heteroatoms. The van der Waals surface area contributed by atoms with Gasteiger partial charge in [0.15, 0.2) is 0 Å². The van der Waals surface area contributed by atoms with Crippen molar-refractivity contribution in [3.8, 4) is 0 Å². The van der Waals surface area contributed by atoms with Crippen molar-refractivity contribution in [2.45, 2.75) is 70.2 Å². The molecular weight excluding hydrogens is 240 g/mol. The lowest BCUT2D eigenvalue weighted by molar-refractivity contribution is -0.0432. The molecule has 1 unspecified atom stereocenters. The second kappa shape index (κ2) is 5.59. The molecular formula is C14H24N4O. The number of hydrogen-bond acceptors (Lipinski definition) is 4. The number of ether oxygens (including phenoxy) is 1. The van der Waals surface area contributed by atoms with Crippen LogP contribution >= 0.6 is 0 Å². The number of aromatic nitrogens is 3. The zero-order chi connectivity index (χ0) is 13.1. The van der Waals surface area contributed by atoms with Crippen LogP contribution in [0.3, 0.4) is 0 Å². The Morgan fingerprint density at radius 1 is 1.42 bits per heavy atom. The molecule has 1 saturated carbocycles. The van der Waals surface area contributed by atoms with E-state index in [0.717, 1.165) is 25.5 Å². The summed E-state index contributed by atoms with van der Waals surface area (Å²) in [5, 5.41) is 7.63. The van der Waals surface area contributed by atoms with Gasteiger partial charge in [0, 0.05) is 0 Å². The summed E-state index contributed by atoms with van der Waals surface area (Å²) in [6, 6.07) is 0. The number of hydrogen-bond donors (Lipinski definition) is 1. The lowest BCUT2D eigenvalue weighted by Gasteiger charge is -2.23. The third-order valence-electron chi connectivity index (χ3n) is 4.46. The Balaban J connectivity index is 1.58. The van der Waals surface area contributed by atoms with E-state index >= 15 is 0 Å². The topological polar surface area (TPSA) is 52.0 Å². The second-order valence-corrected chi connectivity index (χ2v) is 5.81. The Labute approximate surface area is 114 Å². The Bertz CT molecular complexity index is 411. The predicted octanol–water partition coefficient (Wildman–Crippen LogP) is 1.88. The highest BCUT2D eigenvalue weighted by molar-refractivity contribution is 4.93. The van der Waals surface area contributed by atoms with Gasteiger partial charge in [0.2, 0.25) is 0 Å². The van der Waals surface area contributed by atoms with Crippen LogP contribution in [0.2, 0.25) is 0 Å². The Hall–Kier alpha value is -0.940. The SMILES string of the molecule is CCNCc1ncnn1CC1CCC2(CCCC2)O1. The van der Waals surface area contributed by atoms with E-state index in [1.165, 1.54) is 38.5 Å². The number of nitrogens with one attached hydrogen (secondary N) is 1. The summed E-state index contributed by atoms with van der Waals surface area (Å²) in [5.74, 6) is 1.01. The summed E-state index contributed by atoms with van der Waals surface area (Å²) in [5.41, 5.74) is 0.215. The molecule has 1 saturated heterocycles. The van der Waals surface area contributed by atoms with Gasteiger partial charge in [-0.15, -0.1) is 0 Å². The molecule has 2 fully saturated rings. The molecule has 2 aliphatic rings. The van der Waals surface area contributed by atoms with E-state index in [4.69, 9.17) is 4.74 Å². The fourth-order valence-electron chi connectivity index (χ4n) is 3.42. The predicted molar refractivity (Wildman–Crippen MR) is 72.7 cm³/mol. The normalized spacial score (nSPS) is 25.4. The molecule has 0 bridgehead atoms. The van der Waals surface area contributed by atoms with Crippen molar-refractivity contribution in [3.63, 3.8) is 0 Å². The van der Waals surface area contributed by atoms with Gasteiger partial charge in [-0.1, -0.05) is 19.8 Å². The van der Waals surface area contributed by atoms with E-state index < -0.39 is 0 Å². The Kier molecular flexibility index (Phi) is 3.84. The molecule has 0 radical (unpaired) electrons. The molecule has 106 valence electrons. The standard InChI is InChI=1S/C14H24N4O/c1-2-15-9-13-16-11-17-18(13)10-12-5-8-14(19-12)6-3-4-7-14/h11-12,15H,2-10H2,1H3. The lowest BCUT2D eigenvalue weighted by Crippen LogP contribution is -2.27. The Morgan fingerprint density at radius 2 is 2.26 bits per heavy atom. The molecule has 0 amide bonds. The van der Waals surface area contributed by atoms with Crippen LogP contribution in [-0.2, 0) is 17.8 Å². The maximum absolute atomic E-state index is 6.33. The van der Waals surface area contributed by atoms with Crippen LogP contribution in [0.15, 0.2) is 6.33 Å². The summed E-state index contributed by atoms with van der Waals surface area (Å²) in [7, 11) is 0. The van der Waals surface area contributed by atoms with Gasteiger partial charge in [0.05, 0.1) is 24.8 Å². The van der Waals surface area contributed by atoms with Crippen LogP contribution in [0.25, 0.3) is 0 Å². The Morgan fingerprint density at radius 3 is 3.05 bits per heavy atom. The minimum Gasteiger partial charge on any atom is -0.370 e. The first-order valence-corrected chi connectivity index (χ1v) is 7.56. The fraction of sp³-hybridized carbons (Fsp3) is 0.857. The maximum atomic E-state index is 6.33. The molecule has 1 spiro atoms. The van der Waals surface area contributed by atoms with Crippen LogP contribution < -0.4 is 5.32 Å². The zero-order valence-corrected chi connectivity index (χ0v) is 11.8. The second-order valence-electron chi connectivity index (χ2n) is 5.81. The van der Waals surface area contributed by atoms with Gasteiger partial charge < -0.3 is 10.1 Å². The van der Waals surface area contributed by atoms with Crippen molar-refractivity contribution < 1.29 is 4.74 Å². The largest absolute Gasteiger partial charge is 0.370 e. The summed E-state index contributed by atoms with van der Waals surface area (Å²) in [4.78, 5) is 4.32. The van der Waals surface area contributed by atoms with Crippen molar-refractivity contribution in [2.75, 3.05) is 6.54 Å². The highest BCUT2D eigenvalue weighted by Crippen LogP contribution is 2.43. The summed E-state index contributed by atoms with van der Waals surface area (Å²) >= 11 is 0. The van der Waals surface area contributed by atoms with E-state index in [0.29, 0.717) is 6.10 Å². The molecule has 5 nitrogen and oxygen atoms in total. The highest BCUT2D eigenvalue weighted by atomic mass is 16.5. The van der Waals surface area contributed by atoms with Gasteiger partial charge in [0.1, 0.15) is 12.2 Å². The molecule has 3 rings (SSSR count). The first-order chi connectivity index (χ1) is 9.31. The maximum Gasteiger partial charge on any atom is 0.140 e. The molecule has 1 atom stereocenters. The average molecular weight is 264 g/mol. The monoisotopic (exact) mass is 264 g/mol. The van der Waals surface area contributed by atoms with Crippen molar-refractivity contribution >= 4 is 0 Å².